The molecule has 2 aromatic heterocycles. The van der Waals surface area contributed by atoms with Crippen LogP contribution < -0.4 is 4.74 Å². The smallest absolute Gasteiger partial charge is 0.433 e. The SMILES string of the molecule is COCc1c(-c2cccc(OCCN3CCOCC3)c2Cl)noc1-c1cnn([C@H]2C[C@H](C)C2)c1C(F)(F)F. The highest BCUT2D eigenvalue weighted by Gasteiger charge is 2.43. The molecule has 1 aliphatic carbocycles. The van der Waals surface area contributed by atoms with E-state index in [-0.39, 0.29) is 24.0 Å². The summed E-state index contributed by atoms with van der Waals surface area (Å²) >= 11 is 6.70. The predicted molar refractivity (Wildman–Crippen MR) is 134 cm³/mol. The molecule has 1 aliphatic heterocycles. The fraction of sp³-hybridized carbons (Fsp3) is 0.538. The first-order valence-corrected chi connectivity index (χ1v) is 13.0. The molecule has 0 unspecified atom stereocenters. The van der Waals surface area contributed by atoms with Gasteiger partial charge in [0.1, 0.15) is 18.1 Å². The quantitative estimate of drug-likeness (QED) is 0.335. The second kappa shape index (κ2) is 11.3. The predicted octanol–water partition coefficient (Wildman–Crippen LogP) is 5.71. The van der Waals surface area contributed by atoms with E-state index in [1.165, 1.54) is 13.3 Å². The Bertz CT molecular complexity index is 1250. The number of hydrogen-bond donors (Lipinski definition) is 0. The maximum absolute atomic E-state index is 14.3. The van der Waals surface area contributed by atoms with E-state index >= 15 is 0 Å². The summed E-state index contributed by atoms with van der Waals surface area (Å²) in [6.07, 6.45) is -2.15. The average molecular weight is 555 g/mol. The van der Waals surface area contributed by atoms with Crippen LogP contribution in [-0.4, -0.2) is 66.4 Å². The number of methoxy groups -OCH3 is 1. The van der Waals surface area contributed by atoms with E-state index in [9.17, 15) is 13.2 Å². The second-order valence-electron chi connectivity index (χ2n) is 9.77. The summed E-state index contributed by atoms with van der Waals surface area (Å²) in [6, 6.07) is 4.92. The van der Waals surface area contributed by atoms with Crippen LogP contribution in [0.25, 0.3) is 22.6 Å². The Labute approximate surface area is 223 Å². The molecule has 5 rings (SSSR count). The number of benzene rings is 1. The molecule has 2 aliphatic rings. The van der Waals surface area contributed by atoms with Crippen molar-refractivity contribution >= 4 is 11.6 Å². The summed E-state index contributed by atoms with van der Waals surface area (Å²) in [6.45, 7) is 6.20. The van der Waals surface area contributed by atoms with Crippen LogP contribution in [0.3, 0.4) is 0 Å². The molecule has 0 N–H and O–H groups in total. The molecule has 12 heteroatoms. The number of nitrogens with zero attached hydrogens (tertiary/aromatic N) is 4. The van der Waals surface area contributed by atoms with Crippen LogP contribution in [0.5, 0.6) is 5.75 Å². The molecule has 206 valence electrons. The normalized spacial score (nSPS) is 20.5. The minimum Gasteiger partial charge on any atom is -0.491 e. The third-order valence-electron chi connectivity index (χ3n) is 7.07. The number of alkyl halides is 3. The van der Waals surface area contributed by atoms with Gasteiger partial charge in [-0.3, -0.25) is 9.58 Å². The monoisotopic (exact) mass is 554 g/mol. The zero-order valence-corrected chi connectivity index (χ0v) is 22.0. The molecule has 38 heavy (non-hydrogen) atoms. The van der Waals surface area contributed by atoms with Gasteiger partial charge in [-0.1, -0.05) is 35.8 Å². The summed E-state index contributed by atoms with van der Waals surface area (Å²) in [4.78, 5) is 2.24. The van der Waals surface area contributed by atoms with E-state index in [0.717, 1.165) is 24.3 Å². The summed E-state index contributed by atoms with van der Waals surface area (Å²) in [7, 11) is 1.46. The Kier molecular flexibility index (Phi) is 7.99. The third-order valence-corrected chi connectivity index (χ3v) is 7.46. The topological polar surface area (TPSA) is 74.8 Å². The highest BCUT2D eigenvalue weighted by Crippen LogP contribution is 2.46. The van der Waals surface area contributed by atoms with Gasteiger partial charge in [0.25, 0.3) is 0 Å². The van der Waals surface area contributed by atoms with Crippen LogP contribution in [-0.2, 0) is 22.3 Å². The number of rotatable bonds is 9. The number of halogens is 4. The summed E-state index contributed by atoms with van der Waals surface area (Å²) < 4.78 is 66.1. The summed E-state index contributed by atoms with van der Waals surface area (Å²) in [5, 5.41) is 8.55. The van der Waals surface area contributed by atoms with Gasteiger partial charge in [-0.2, -0.15) is 18.3 Å². The van der Waals surface area contributed by atoms with Crippen molar-refractivity contribution in [1.82, 2.24) is 19.8 Å². The number of ether oxygens (including phenoxy) is 3. The van der Waals surface area contributed by atoms with Crippen molar-refractivity contribution in [2.45, 2.75) is 38.6 Å². The molecule has 1 saturated heterocycles. The Morgan fingerprint density at radius 2 is 1.92 bits per heavy atom. The molecule has 3 aromatic rings. The number of hydrogen-bond acceptors (Lipinski definition) is 7. The highest BCUT2D eigenvalue weighted by atomic mass is 35.5. The van der Waals surface area contributed by atoms with Crippen molar-refractivity contribution in [3.63, 3.8) is 0 Å². The summed E-state index contributed by atoms with van der Waals surface area (Å²) in [5.74, 6) is 0.774. The first-order chi connectivity index (χ1) is 18.3. The lowest BCUT2D eigenvalue weighted by molar-refractivity contribution is -0.145. The lowest BCUT2D eigenvalue weighted by atomic mass is 9.82. The van der Waals surface area contributed by atoms with Gasteiger partial charge in [0, 0.05) is 32.3 Å². The summed E-state index contributed by atoms with van der Waals surface area (Å²) in [5.41, 5.74) is 0.111. The standard InChI is InChI=1S/C26H30ClF3N4O4/c1-16-12-17(13-16)34-25(26(28,29)30)19(14-31-34)24-20(15-35-2)23(32-38-24)18-4-3-5-21(22(18)27)37-11-8-33-6-9-36-10-7-33/h3-5,14,16-17H,6-13,15H2,1-2H3/t16-,17-. The lowest BCUT2D eigenvalue weighted by Gasteiger charge is -2.34. The van der Waals surface area contributed by atoms with Crippen molar-refractivity contribution in [3.05, 3.63) is 40.7 Å². The van der Waals surface area contributed by atoms with Crippen LogP contribution >= 0.6 is 11.6 Å². The van der Waals surface area contributed by atoms with Crippen molar-refractivity contribution < 1.29 is 31.9 Å². The zero-order valence-electron chi connectivity index (χ0n) is 21.3. The fourth-order valence-corrected chi connectivity index (χ4v) is 5.34. The van der Waals surface area contributed by atoms with Crippen LogP contribution in [0.2, 0.25) is 5.02 Å². The van der Waals surface area contributed by atoms with Crippen LogP contribution in [0.15, 0.2) is 28.9 Å². The Morgan fingerprint density at radius 3 is 2.61 bits per heavy atom. The van der Waals surface area contributed by atoms with Crippen molar-refractivity contribution in [3.8, 4) is 28.3 Å². The van der Waals surface area contributed by atoms with Gasteiger partial charge in [-0.25, -0.2) is 0 Å². The van der Waals surface area contributed by atoms with Gasteiger partial charge in [0.2, 0.25) is 0 Å². The maximum atomic E-state index is 14.3. The van der Waals surface area contributed by atoms with Crippen LogP contribution in [0.4, 0.5) is 13.2 Å². The molecule has 2 fully saturated rings. The van der Waals surface area contributed by atoms with E-state index in [2.05, 4.69) is 15.2 Å². The molecule has 0 bridgehead atoms. The van der Waals surface area contributed by atoms with Crippen molar-refractivity contribution in [2.24, 2.45) is 5.92 Å². The molecular formula is C26H30ClF3N4O4. The molecule has 0 atom stereocenters. The van der Waals surface area contributed by atoms with E-state index in [1.54, 1.807) is 18.2 Å². The molecule has 0 radical (unpaired) electrons. The second-order valence-corrected chi connectivity index (χ2v) is 10.1. The van der Waals surface area contributed by atoms with E-state index in [0.29, 0.717) is 66.2 Å². The largest absolute Gasteiger partial charge is 0.491 e. The van der Waals surface area contributed by atoms with Gasteiger partial charge in [0.05, 0.1) is 48.2 Å². The molecular weight excluding hydrogens is 525 g/mol. The van der Waals surface area contributed by atoms with Crippen LogP contribution in [0, 0.1) is 5.92 Å². The lowest BCUT2D eigenvalue weighted by Crippen LogP contribution is -2.38. The molecule has 8 nitrogen and oxygen atoms in total. The zero-order chi connectivity index (χ0) is 26.9. The molecule has 1 aromatic carbocycles. The average Bonchev–Trinajstić information content (AvgIpc) is 3.48. The molecule has 0 spiro atoms. The highest BCUT2D eigenvalue weighted by molar-refractivity contribution is 6.34. The Balaban J connectivity index is 1.46. The van der Waals surface area contributed by atoms with Gasteiger partial charge >= 0.3 is 6.18 Å². The Hall–Kier alpha value is -2.60. The Morgan fingerprint density at radius 1 is 1.16 bits per heavy atom. The van der Waals surface area contributed by atoms with Crippen LogP contribution in [0.1, 0.15) is 37.1 Å². The van der Waals surface area contributed by atoms with E-state index in [1.807, 2.05) is 6.92 Å². The third kappa shape index (κ3) is 5.42. The minimum atomic E-state index is -4.63. The maximum Gasteiger partial charge on any atom is 0.433 e. The number of aromatic nitrogens is 3. The molecule has 3 heterocycles. The van der Waals surface area contributed by atoms with Gasteiger partial charge in [0.15, 0.2) is 11.5 Å². The first-order valence-electron chi connectivity index (χ1n) is 12.6. The molecule has 1 saturated carbocycles. The first kappa shape index (κ1) is 27.0. The fourth-order valence-electron chi connectivity index (χ4n) is 5.07. The van der Waals surface area contributed by atoms with E-state index < -0.39 is 11.9 Å². The van der Waals surface area contributed by atoms with Gasteiger partial charge in [-0.05, 0) is 24.8 Å². The van der Waals surface area contributed by atoms with Gasteiger partial charge < -0.3 is 18.7 Å². The number of morpholine rings is 1. The van der Waals surface area contributed by atoms with E-state index in [4.69, 9.17) is 30.3 Å². The van der Waals surface area contributed by atoms with Crippen molar-refractivity contribution in [1.29, 1.82) is 0 Å². The van der Waals surface area contributed by atoms with Crippen molar-refractivity contribution in [2.75, 3.05) is 46.6 Å². The van der Waals surface area contributed by atoms with Gasteiger partial charge in [-0.15, -0.1) is 0 Å². The minimum absolute atomic E-state index is 0.0322. The molecule has 0 amide bonds.